The van der Waals surface area contributed by atoms with Gasteiger partial charge in [-0.2, -0.15) is 0 Å². The van der Waals surface area contributed by atoms with E-state index in [-0.39, 0.29) is 12.6 Å². The molecule has 2 amide bonds. The van der Waals surface area contributed by atoms with Crippen LogP contribution in [0.3, 0.4) is 0 Å². The molecule has 22 heavy (non-hydrogen) atoms. The van der Waals surface area contributed by atoms with Crippen LogP contribution in [0.2, 0.25) is 0 Å². The van der Waals surface area contributed by atoms with E-state index in [1.165, 1.54) is 0 Å². The zero-order valence-electron chi connectivity index (χ0n) is 12.7. The minimum Gasteiger partial charge on any atom is -0.384 e. The van der Waals surface area contributed by atoms with Crippen LogP contribution in [-0.2, 0) is 5.60 Å². The summed E-state index contributed by atoms with van der Waals surface area (Å²) in [6, 6.07) is 16.5. The molecule has 2 rings (SSSR count). The molecule has 0 bridgehead atoms. The summed E-state index contributed by atoms with van der Waals surface area (Å²) in [6.45, 7) is 1.81. The molecule has 0 saturated carbocycles. The van der Waals surface area contributed by atoms with Crippen molar-refractivity contribution in [2.75, 3.05) is 18.1 Å². The number of thioether (sulfide) groups is 1. The molecule has 0 spiro atoms. The first kappa shape index (κ1) is 16.4. The second kappa shape index (κ2) is 7.33. The molecule has 2 aromatic carbocycles. The van der Waals surface area contributed by atoms with Gasteiger partial charge in [0.2, 0.25) is 0 Å². The number of amides is 2. The fraction of sp³-hybridized carbons (Fsp3) is 0.235. The van der Waals surface area contributed by atoms with Crippen LogP contribution < -0.4 is 10.6 Å². The first-order valence-corrected chi connectivity index (χ1v) is 8.21. The van der Waals surface area contributed by atoms with Gasteiger partial charge in [-0.15, -0.1) is 11.8 Å². The van der Waals surface area contributed by atoms with Crippen LogP contribution in [0, 0.1) is 0 Å². The first-order valence-electron chi connectivity index (χ1n) is 6.99. The number of para-hydroxylation sites is 1. The Morgan fingerprint density at radius 2 is 1.77 bits per heavy atom. The molecule has 2 aromatic rings. The van der Waals surface area contributed by atoms with Crippen molar-refractivity contribution in [2.24, 2.45) is 0 Å². The zero-order valence-corrected chi connectivity index (χ0v) is 13.5. The number of benzene rings is 2. The van der Waals surface area contributed by atoms with Crippen molar-refractivity contribution < 1.29 is 9.90 Å². The monoisotopic (exact) mass is 316 g/mol. The van der Waals surface area contributed by atoms with Crippen molar-refractivity contribution in [3.05, 3.63) is 60.2 Å². The van der Waals surface area contributed by atoms with E-state index in [0.717, 1.165) is 16.1 Å². The normalized spacial score (nSPS) is 13.2. The van der Waals surface area contributed by atoms with Gasteiger partial charge < -0.3 is 15.7 Å². The number of carbonyl (C=O) groups is 1. The number of aliphatic hydroxyl groups is 1. The van der Waals surface area contributed by atoms with Gasteiger partial charge in [-0.3, -0.25) is 0 Å². The Morgan fingerprint density at radius 1 is 1.14 bits per heavy atom. The average molecular weight is 316 g/mol. The zero-order chi connectivity index (χ0) is 16.0. The highest BCUT2D eigenvalue weighted by Gasteiger charge is 2.23. The minimum atomic E-state index is -1.11. The number of nitrogens with one attached hydrogen (secondary N) is 2. The maximum atomic E-state index is 12.0. The van der Waals surface area contributed by atoms with Gasteiger partial charge in [0.15, 0.2) is 0 Å². The van der Waals surface area contributed by atoms with Crippen molar-refractivity contribution in [1.29, 1.82) is 0 Å². The Morgan fingerprint density at radius 3 is 2.45 bits per heavy atom. The highest BCUT2D eigenvalue weighted by atomic mass is 32.2. The first-order chi connectivity index (χ1) is 10.5. The fourth-order valence-electron chi connectivity index (χ4n) is 2.07. The number of carbonyl (C=O) groups excluding carboxylic acids is 1. The lowest BCUT2D eigenvalue weighted by molar-refractivity contribution is 0.0599. The Kier molecular flexibility index (Phi) is 5.46. The van der Waals surface area contributed by atoms with Crippen LogP contribution in [0.5, 0.6) is 0 Å². The van der Waals surface area contributed by atoms with Gasteiger partial charge in [0.25, 0.3) is 0 Å². The highest BCUT2D eigenvalue weighted by Crippen LogP contribution is 2.24. The molecule has 0 saturated heterocycles. The molecule has 0 aliphatic carbocycles. The molecule has 0 aromatic heterocycles. The quantitative estimate of drug-likeness (QED) is 0.741. The van der Waals surface area contributed by atoms with Gasteiger partial charge in [0.1, 0.15) is 5.60 Å². The van der Waals surface area contributed by atoms with Crippen molar-refractivity contribution in [3.8, 4) is 0 Å². The molecule has 0 fully saturated rings. The summed E-state index contributed by atoms with van der Waals surface area (Å²) in [7, 11) is 0. The van der Waals surface area contributed by atoms with Gasteiger partial charge in [-0.05, 0) is 30.9 Å². The van der Waals surface area contributed by atoms with Crippen molar-refractivity contribution in [2.45, 2.75) is 17.4 Å². The summed E-state index contributed by atoms with van der Waals surface area (Å²) >= 11 is 1.57. The SMILES string of the molecule is CSc1ccccc1NC(=O)NCC(C)(O)c1ccccc1. The molecule has 3 N–H and O–H groups in total. The van der Waals surface area contributed by atoms with Gasteiger partial charge in [0.05, 0.1) is 12.2 Å². The van der Waals surface area contributed by atoms with Crippen LogP contribution in [-0.4, -0.2) is 23.9 Å². The second-order valence-corrected chi connectivity index (χ2v) is 6.00. The number of anilines is 1. The Bertz CT molecular complexity index is 630. The van der Waals surface area contributed by atoms with E-state index in [1.54, 1.807) is 18.7 Å². The lowest BCUT2D eigenvalue weighted by Crippen LogP contribution is -2.40. The third-order valence-electron chi connectivity index (χ3n) is 3.34. The van der Waals surface area contributed by atoms with Crippen molar-refractivity contribution >= 4 is 23.5 Å². The van der Waals surface area contributed by atoms with E-state index in [9.17, 15) is 9.90 Å². The maximum absolute atomic E-state index is 12.0. The van der Waals surface area contributed by atoms with Gasteiger partial charge in [-0.1, -0.05) is 42.5 Å². The number of rotatable bonds is 5. The van der Waals surface area contributed by atoms with Crippen LogP contribution in [0.1, 0.15) is 12.5 Å². The Balaban J connectivity index is 1.95. The third kappa shape index (κ3) is 4.26. The van der Waals surface area contributed by atoms with Gasteiger partial charge in [0, 0.05) is 4.90 Å². The number of hydrogen-bond donors (Lipinski definition) is 3. The average Bonchev–Trinajstić information content (AvgIpc) is 2.54. The third-order valence-corrected chi connectivity index (χ3v) is 4.14. The summed E-state index contributed by atoms with van der Waals surface area (Å²) in [5.74, 6) is 0. The number of hydrogen-bond acceptors (Lipinski definition) is 3. The predicted molar refractivity (Wildman–Crippen MR) is 91.3 cm³/mol. The fourth-order valence-corrected chi connectivity index (χ4v) is 2.62. The lowest BCUT2D eigenvalue weighted by Gasteiger charge is -2.24. The van der Waals surface area contributed by atoms with E-state index < -0.39 is 5.60 Å². The minimum absolute atomic E-state index is 0.129. The summed E-state index contributed by atoms with van der Waals surface area (Å²) in [5, 5.41) is 16.0. The van der Waals surface area contributed by atoms with Crippen molar-refractivity contribution in [1.82, 2.24) is 5.32 Å². The summed E-state index contributed by atoms with van der Waals surface area (Å²) < 4.78 is 0. The molecular formula is C17H20N2O2S. The molecule has 0 radical (unpaired) electrons. The van der Waals surface area contributed by atoms with E-state index >= 15 is 0 Å². The smallest absolute Gasteiger partial charge is 0.319 e. The van der Waals surface area contributed by atoms with Crippen LogP contribution in [0.25, 0.3) is 0 Å². The van der Waals surface area contributed by atoms with E-state index in [0.29, 0.717) is 0 Å². The topological polar surface area (TPSA) is 61.4 Å². The van der Waals surface area contributed by atoms with Crippen molar-refractivity contribution in [3.63, 3.8) is 0 Å². The molecule has 5 heteroatoms. The summed E-state index contributed by atoms with van der Waals surface area (Å²) in [4.78, 5) is 13.0. The molecule has 1 atom stereocenters. The van der Waals surface area contributed by atoms with Gasteiger partial charge in [-0.25, -0.2) is 4.79 Å². The van der Waals surface area contributed by atoms with E-state index in [2.05, 4.69) is 10.6 Å². The lowest BCUT2D eigenvalue weighted by atomic mass is 9.96. The molecular weight excluding hydrogens is 296 g/mol. The summed E-state index contributed by atoms with van der Waals surface area (Å²) in [5.41, 5.74) is 0.407. The largest absolute Gasteiger partial charge is 0.384 e. The van der Waals surface area contributed by atoms with E-state index in [1.807, 2.05) is 60.9 Å². The number of urea groups is 1. The standard InChI is InChI=1S/C17H20N2O2S/c1-17(21,13-8-4-3-5-9-13)12-18-16(20)19-14-10-6-7-11-15(14)22-2/h3-11,21H,12H2,1-2H3,(H2,18,19,20). The second-order valence-electron chi connectivity index (χ2n) is 5.15. The molecule has 0 aliphatic rings. The van der Waals surface area contributed by atoms with E-state index in [4.69, 9.17) is 0 Å². The van der Waals surface area contributed by atoms with Crippen LogP contribution in [0.4, 0.5) is 10.5 Å². The molecule has 1 unspecified atom stereocenters. The Hall–Kier alpha value is -1.98. The van der Waals surface area contributed by atoms with Crippen LogP contribution in [0.15, 0.2) is 59.5 Å². The predicted octanol–water partition coefficient (Wildman–Crippen LogP) is 3.44. The molecule has 4 nitrogen and oxygen atoms in total. The molecule has 0 heterocycles. The molecule has 116 valence electrons. The maximum Gasteiger partial charge on any atom is 0.319 e. The van der Waals surface area contributed by atoms with Gasteiger partial charge >= 0.3 is 6.03 Å². The van der Waals surface area contributed by atoms with Crippen LogP contribution >= 0.6 is 11.8 Å². The summed E-state index contributed by atoms with van der Waals surface area (Å²) in [6.07, 6.45) is 1.96. The highest BCUT2D eigenvalue weighted by molar-refractivity contribution is 7.98. The molecule has 0 aliphatic heterocycles. The Labute approximate surface area is 134 Å².